The lowest BCUT2D eigenvalue weighted by Crippen LogP contribution is -2.57. The number of hydrogen-bond acceptors (Lipinski definition) is 5. The van der Waals surface area contributed by atoms with Crippen LogP contribution < -0.4 is 10.2 Å². The Morgan fingerprint density at radius 3 is 2.42 bits per heavy atom. The van der Waals surface area contributed by atoms with Crippen LogP contribution >= 0.6 is 15.9 Å². The van der Waals surface area contributed by atoms with Gasteiger partial charge < -0.3 is 10.1 Å². The quantitative estimate of drug-likeness (QED) is 0.452. The van der Waals surface area contributed by atoms with E-state index in [0.717, 1.165) is 21.5 Å². The summed E-state index contributed by atoms with van der Waals surface area (Å²) in [5, 5.41) is 13.5. The van der Waals surface area contributed by atoms with Crippen LogP contribution in [-0.2, 0) is 20.8 Å². The van der Waals surface area contributed by atoms with Crippen LogP contribution in [0.5, 0.6) is 0 Å². The molecule has 3 heterocycles. The van der Waals surface area contributed by atoms with Crippen LogP contribution in [0.3, 0.4) is 0 Å². The van der Waals surface area contributed by atoms with Gasteiger partial charge in [0.15, 0.2) is 0 Å². The van der Waals surface area contributed by atoms with Crippen molar-refractivity contribution in [2.75, 3.05) is 4.90 Å². The van der Waals surface area contributed by atoms with Crippen LogP contribution in [0, 0.1) is 17.7 Å². The first kappa shape index (κ1) is 21.5. The number of H-pyrrole nitrogens is 1. The molecule has 2 unspecified atom stereocenters. The number of imidazole rings is 1. The van der Waals surface area contributed by atoms with Crippen molar-refractivity contribution < 1.29 is 23.9 Å². The Kier molecular flexibility index (Phi) is 5.13. The van der Waals surface area contributed by atoms with Crippen molar-refractivity contribution in [3.05, 3.63) is 82.6 Å². The van der Waals surface area contributed by atoms with Crippen LogP contribution in [0.2, 0.25) is 0 Å². The SMILES string of the molecule is O=C1[C@H]2C(c3ccc(Br)cc3)NC(Cc3cnc[nH]3)(C(=O)O)[C@H]2C(=O)N1c1ccc(F)cc1. The van der Waals surface area contributed by atoms with Crippen molar-refractivity contribution in [3.63, 3.8) is 0 Å². The Morgan fingerprint density at radius 1 is 1.12 bits per heavy atom. The van der Waals surface area contributed by atoms with Gasteiger partial charge in [-0.05, 0) is 42.0 Å². The van der Waals surface area contributed by atoms with Gasteiger partial charge in [0, 0.05) is 28.8 Å². The van der Waals surface area contributed by atoms with E-state index in [1.54, 1.807) is 24.3 Å². The number of amides is 2. The van der Waals surface area contributed by atoms with Gasteiger partial charge in [-0.3, -0.25) is 19.7 Å². The van der Waals surface area contributed by atoms with Crippen molar-refractivity contribution in [2.24, 2.45) is 11.8 Å². The van der Waals surface area contributed by atoms with Crippen molar-refractivity contribution >= 4 is 39.4 Å². The second kappa shape index (κ2) is 7.89. The number of carboxylic acids is 1. The van der Waals surface area contributed by atoms with Gasteiger partial charge in [0.1, 0.15) is 11.4 Å². The number of fused-ring (bicyclic) bond motifs is 1. The van der Waals surface area contributed by atoms with E-state index in [0.29, 0.717) is 11.3 Å². The van der Waals surface area contributed by atoms with Gasteiger partial charge in [-0.15, -0.1) is 0 Å². The maximum atomic E-state index is 13.6. The van der Waals surface area contributed by atoms with Gasteiger partial charge in [-0.2, -0.15) is 0 Å². The van der Waals surface area contributed by atoms with Crippen molar-refractivity contribution in [1.29, 1.82) is 0 Å². The highest BCUT2D eigenvalue weighted by Gasteiger charge is 2.68. The zero-order valence-corrected chi connectivity index (χ0v) is 18.6. The van der Waals surface area contributed by atoms with E-state index >= 15 is 0 Å². The summed E-state index contributed by atoms with van der Waals surface area (Å²) in [5.41, 5.74) is -0.351. The highest BCUT2D eigenvalue weighted by atomic mass is 79.9. The highest BCUT2D eigenvalue weighted by molar-refractivity contribution is 9.10. The summed E-state index contributed by atoms with van der Waals surface area (Å²) in [6.07, 6.45) is 2.84. The molecule has 8 nitrogen and oxygen atoms in total. The molecular formula is C23H18BrFN4O4. The molecule has 0 spiro atoms. The molecule has 2 fully saturated rings. The number of rotatable bonds is 5. The van der Waals surface area contributed by atoms with Crippen molar-refractivity contribution in [3.8, 4) is 0 Å². The molecule has 5 rings (SSSR count). The summed E-state index contributed by atoms with van der Waals surface area (Å²) in [6.45, 7) is 0. The number of hydrogen-bond donors (Lipinski definition) is 3. The second-order valence-electron chi connectivity index (χ2n) is 8.20. The Hall–Kier alpha value is -3.37. The first-order chi connectivity index (χ1) is 15.8. The molecule has 1 aromatic heterocycles. The number of aliphatic carboxylic acids is 1. The number of halogens is 2. The topological polar surface area (TPSA) is 115 Å². The predicted octanol–water partition coefficient (Wildman–Crippen LogP) is 2.83. The molecule has 2 aliphatic rings. The number of aromatic nitrogens is 2. The fourth-order valence-electron chi connectivity index (χ4n) is 4.92. The van der Waals surface area contributed by atoms with Crippen LogP contribution in [0.25, 0.3) is 0 Å². The Morgan fingerprint density at radius 2 is 1.82 bits per heavy atom. The average molecular weight is 513 g/mol. The summed E-state index contributed by atoms with van der Waals surface area (Å²) in [5.74, 6) is -5.04. The number of nitrogens with zero attached hydrogens (tertiary/aromatic N) is 2. The number of nitrogens with one attached hydrogen (secondary N) is 2. The average Bonchev–Trinajstić information content (AvgIpc) is 3.48. The molecule has 2 aliphatic heterocycles. The molecule has 0 radical (unpaired) electrons. The summed E-state index contributed by atoms with van der Waals surface area (Å²) in [7, 11) is 0. The summed E-state index contributed by atoms with van der Waals surface area (Å²) in [4.78, 5) is 47.8. The highest BCUT2D eigenvalue weighted by Crippen LogP contribution is 2.50. The molecule has 3 aromatic rings. The van der Waals surface area contributed by atoms with Crippen molar-refractivity contribution in [1.82, 2.24) is 15.3 Å². The van der Waals surface area contributed by atoms with Crippen LogP contribution in [0.15, 0.2) is 65.5 Å². The zero-order chi connectivity index (χ0) is 23.3. The predicted molar refractivity (Wildman–Crippen MR) is 119 cm³/mol. The normalized spacial score (nSPS) is 26.6. The number of benzene rings is 2. The Balaban J connectivity index is 1.65. The van der Waals surface area contributed by atoms with E-state index < -0.39 is 47.0 Å². The lowest BCUT2D eigenvalue weighted by atomic mass is 9.77. The molecule has 4 atom stereocenters. The molecule has 0 bridgehead atoms. The molecule has 0 aliphatic carbocycles. The van der Waals surface area contributed by atoms with Gasteiger partial charge >= 0.3 is 5.97 Å². The lowest BCUT2D eigenvalue weighted by molar-refractivity contribution is -0.148. The van der Waals surface area contributed by atoms with Crippen molar-refractivity contribution in [2.45, 2.75) is 18.0 Å². The summed E-state index contributed by atoms with van der Waals surface area (Å²) < 4.78 is 14.3. The molecule has 2 amide bonds. The zero-order valence-electron chi connectivity index (χ0n) is 17.0. The second-order valence-corrected chi connectivity index (χ2v) is 9.11. The molecular weight excluding hydrogens is 495 g/mol. The molecule has 3 N–H and O–H groups in total. The minimum Gasteiger partial charge on any atom is -0.480 e. The van der Waals surface area contributed by atoms with E-state index in [1.165, 1.54) is 24.7 Å². The number of carbonyl (C=O) groups excluding carboxylic acids is 2. The minimum absolute atomic E-state index is 0.0766. The van der Waals surface area contributed by atoms with Crippen LogP contribution in [0.1, 0.15) is 17.3 Å². The molecule has 33 heavy (non-hydrogen) atoms. The largest absolute Gasteiger partial charge is 0.480 e. The smallest absolute Gasteiger partial charge is 0.325 e. The van der Waals surface area contributed by atoms with Gasteiger partial charge in [0.05, 0.1) is 23.9 Å². The number of anilines is 1. The minimum atomic E-state index is -1.75. The third-order valence-electron chi connectivity index (χ3n) is 6.37. The van der Waals surface area contributed by atoms with E-state index in [1.807, 2.05) is 0 Å². The fraction of sp³-hybridized carbons (Fsp3) is 0.217. The Bertz CT molecular complexity index is 1230. The number of carboxylic acid groups (broad SMARTS) is 1. The third kappa shape index (κ3) is 3.37. The molecule has 10 heteroatoms. The first-order valence-corrected chi connectivity index (χ1v) is 11.0. The van der Waals surface area contributed by atoms with E-state index in [2.05, 4.69) is 31.2 Å². The molecule has 168 valence electrons. The fourth-order valence-corrected chi connectivity index (χ4v) is 5.19. The van der Waals surface area contributed by atoms with Crippen LogP contribution in [-0.4, -0.2) is 38.4 Å². The van der Waals surface area contributed by atoms with Gasteiger partial charge in [-0.1, -0.05) is 28.1 Å². The summed E-state index contributed by atoms with van der Waals surface area (Å²) >= 11 is 3.38. The van der Waals surface area contributed by atoms with E-state index in [4.69, 9.17) is 0 Å². The molecule has 0 saturated carbocycles. The Labute approximate surface area is 196 Å². The lowest BCUT2D eigenvalue weighted by Gasteiger charge is -2.30. The number of carbonyl (C=O) groups is 3. The molecule has 2 saturated heterocycles. The molecule has 2 aromatic carbocycles. The third-order valence-corrected chi connectivity index (χ3v) is 6.90. The number of aromatic amines is 1. The monoisotopic (exact) mass is 512 g/mol. The number of imide groups is 1. The standard InChI is InChI=1S/C23H18BrFN4O4/c24-13-3-1-12(2-4-13)19-17-18(23(28-19,22(32)33)9-15-10-26-11-27-15)21(31)29(20(17)30)16-7-5-14(25)6-8-16/h1-8,10-11,17-19,28H,9H2,(H,26,27)(H,32,33)/t17-,18-,19?,23?/m1/s1. The van der Waals surface area contributed by atoms with Gasteiger partial charge in [0.25, 0.3) is 0 Å². The maximum absolute atomic E-state index is 13.6. The van der Waals surface area contributed by atoms with E-state index in [9.17, 15) is 23.9 Å². The van der Waals surface area contributed by atoms with Gasteiger partial charge in [-0.25, -0.2) is 14.3 Å². The maximum Gasteiger partial charge on any atom is 0.325 e. The van der Waals surface area contributed by atoms with Crippen LogP contribution in [0.4, 0.5) is 10.1 Å². The first-order valence-electron chi connectivity index (χ1n) is 10.2. The van der Waals surface area contributed by atoms with E-state index in [-0.39, 0.29) is 12.1 Å². The van der Waals surface area contributed by atoms with Gasteiger partial charge in [0.2, 0.25) is 11.8 Å². The summed E-state index contributed by atoms with van der Waals surface area (Å²) in [6, 6.07) is 11.4.